The van der Waals surface area contributed by atoms with Gasteiger partial charge >= 0.3 is 0 Å². The molecule has 0 saturated heterocycles. The molecule has 1 heterocycles. The molecule has 1 aromatic heterocycles. The summed E-state index contributed by atoms with van der Waals surface area (Å²) in [7, 11) is 1.67. The van der Waals surface area contributed by atoms with Gasteiger partial charge in [0.1, 0.15) is 17.9 Å². The normalized spacial score (nSPS) is 14.4. The van der Waals surface area contributed by atoms with Crippen LogP contribution in [0.25, 0.3) is 11.1 Å². The number of carbonyl (C=O) groups excluding carboxylic acids is 1. The van der Waals surface area contributed by atoms with Crippen molar-refractivity contribution in [2.24, 2.45) is 9.98 Å². The zero-order chi connectivity index (χ0) is 24.6. The lowest BCUT2D eigenvalue weighted by molar-refractivity contribution is -0.111. The standard InChI is InChI=1S/C28H23FN4O2/c1-3-27(34)33-23-8-4-6-20(14-23)25-15-19(10-12-26(25)32-18-30-2)21-11-13-28(31-17-21)35-24-9-5-7-22(29)16-24/h3-11,13-18H,1,12H2,2H3,(H,33,34)/b30-18-,32-26+. The number of anilines is 1. The number of aromatic nitrogens is 1. The van der Waals surface area contributed by atoms with Crippen LogP contribution in [0.1, 0.15) is 17.5 Å². The van der Waals surface area contributed by atoms with Crippen LogP contribution in [-0.4, -0.2) is 30.0 Å². The summed E-state index contributed by atoms with van der Waals surface area (Å²) < 4.78 is 19.1. The van der Waals surface area contributed by atoms with Gasteiger partial charge in [-0.25, -0.2) is 14.4 Å². The molecule has 0 aliphatic heterocycles. The molecular weight excluding hydrogens is 443 g/mol. The number of allylic oxidation sites excluding steroid dienone is 4. The largest absolute Gasteiger partial charge is 0.439 e. The minimum atomic E-state index is -0.372. The predicted octanol–water partition coefficient (Wildman–Crippen LogP) is 6.11. The summed E-state index contributed by atoms with van der Waals surface area (Å²) in [6.07, 6.45) is 9.16. The van der Waals surface area contributed by atoms with E-state index in [-0.39, 0.29) is 11.7 Å². The van der Waals surface area contributed by atoms with E-state index in [0.29, 0.717) is 23.7 Å². The molecule has 7 heteroatoms. The Bertz CT molecular complexity index is 1370. The number of hydrogen-bond donors (Lipinski definition) is 1. The number of halogens is 1. The molecule has 1 amide bonds. The summed E-state index contributed by atoms with van der Waals surface area (Å²) in [5.74, 6) is 0.0973. The summed E-state index contributed by atoms with van der Waals surface area (Å²) in [5, 5.41) is 2.79. The lowest BCUT2D eigenvalue weighted by Crippen LogP contribution is -2.09. The molecule has 1 aliphatic carbocycles. The van der Waals surface area contributed by atoms with E-state index in [9.17, 15) is 9.18 Å². The molecule has 4 rings (SSSR count). The number of pyridine rings is 1. The molecule has 6 nitrogen and oxygen atoms in total. The quantitative estimate of drug-likeness (QED) is 0.259. The van der Waals surface area contributed by atoms with Crippen molar-refractivity contribution in [2.75, 3.05) is 12.4 Å². The Morgan fingerprint density at radius 3 is 2.74 bits per heavy atom. The van der Waals surface area contributed by atoms with E-state index in [2.05, 4.69) is 32.9 Å². The number of hydrogen-bond acceptors (Lipinski definition) is 4. The third-order valence-electron chi connectivity index (χ3n) is 5.17. The van der Waals surface area contributed by atoms with Gasteiger partial charge in [-0.05, 0) is 59.2 Å². The summed E-state index contributed by atoms with van der Waals surface area (Å²) in [6, 6.07) is 17.1. The van der Waals surface area contributed by atoms with Crippen LogP contribution in [-0.2, 0) is 4.79 Å². The van der Waals surface area contributed by atoms with Gasteiger partial charge in [0.2, 0.25) is 11.8 Å². The number of ether oxygens (including phenoxy) is 1. The molecule has 1 aliphatic rings. The highest BCUT2D eigenvalue weighted by atomic mass is 19.1. The predicted molar refractivity (Wildman–Crippen MR) is 138 cm³/mol. The number of nitrogens with one attached hydrogen (secondary N) is 1. The van der Waals surface area contributed by atoms with Crippen molar-refractivity contribution in [3.8, 4) is 11.6 Å². The zero-order valence-corrected chi connectivity index (χ0v) is 19.1. The van der Waals surface area contributed by atoms with Gasteiger partial charge in [0.15, 0.2) is 0 Å². The number of nitrogens with zero attached hydrogens (tertiary/aromatic N) is 3. The number of carbonyl (C=O) groups is 1. The van der Waals surface area contributed by atoms with Crippen LogP contribution < -0.4 is 10.1 Å². The maximum absolute atomic E-state index is 13.4. The zero-order valence-electron chi connectivity index (χ0n) is 19.1. The summed E-state index contributed by atoms with van der Waals surface area (Å²) in [6.45, 7) is 3.50. The maximum atomic E-state index is 13.4. The minimum Gasteiger partial charge on any atom is -0.439 e. The van der Waals surface area contributed by atoms with Crippen LogP contribution in [0, 0.1) is 5.82 Å². The Hall–Kier alpha value is -4.65. The minimum absolute atomic E-state index is 0.279. The molecule has 3 aromatic rings. The van der Waals surface area contributed by atoms with Crippen molar-refractivity contribution in [3.63, 3.8) is 0 Å². The lowest BCUT2D eigenvalue weighted by atomic mass is 9.89. The van der Waals surface area contributed by atoms with Crippen molar-refractivity contribution >= 4 is 34.8 Å². The van der Waals surface area contributed by atoms with E-state index in [4.69, 9.17) is 4.74 Å². The van der Waals surface area contributed by atoms with Crippen LogP contribution >= 0.6 is 0 Å². The van der Waals surface area contributed by atoms with Gasteiger partial charge in [-0.1, -0.05) is 30.9 Å². The van der Waals surface area contributed by atoms with E-state index in [0.717, 1.165) is 28.0 Å². The summed E-state index contributed by atoms with van der Waals surface area (Å²) in [4.78, 5) is 24.6. The summed E-state index contributed by atoms with van der Waals surface area (Å²) >= 11 is 0. The van der Waals surface area contributed by atoms with Gasteiger partial charge < -0.3 is 10.1 Å². The third-order valence-corrected chi connectivity index (χ3v) is 5.17. The second-order valence-electron chi connectivity index (χ2n) is 7.59. The van der Waals surface area contributed by atoms with E-state index >= 15 is 0 Å². The molecule has 174 valence electrons. The first kappa shape index (κ1) is 23.5. The maximum Gasteiger partial charge on any atom is 0.247 e. The number of aliphatic imine (C=N–C) groups is 2. The topological polar surface area (TPSA) is 75.9 Å². The molecule has 35 heavy (non-hydrogen) atoms. The highest BCUT2D eigenvalue weighted by Crippen LogP contribution is 2.31. The Balaban J connectivity index is 1.63. The van der Waals surface area contributed by atoms with Crippen LogP contribution in [0.4, 0.5) is 10.1 Å². The highest BCUT2D eigenvalue weighted by molar-refractivity contribution is 6.29. The fraction of sp³-hybridized carbons (Fsp3) is 0.0714. The number of benzene rings is 2. The Labute approximate surface area is 202 Å². The second-order valence-corrected chi connectivity index (χ2v) is 7.59. The van der Waals surface area contributed by atoms with Gasteiger partial charge in [-0.15, -0.1) is 0 Å². The average molecular weight is 467 g/mol. The Morgan fingerprint density at radius 2 is 2.00 bits per heavy atom. The number of amides is 1. The first-order valence-electron chi connectivity index (χ1n) is 10.9. The van der Waals surface area contributed by atoms with Gasteiger partial charge in [0.25, 0.3) is 0 Å². The van der Waals surface area contributed by atoms with Crippen LogP contribution in [0.3, 0.4) is 0 Å². The summed E-state index contributed by atoms with van der Waals surface area (Å²) in [5.41, 5.74) is 5.20. The van der Waals surface area contributed by atoms with Gasteiger partial charge in [0.05, 0.1) is 5.71 Å². The molecule has 0 spiro atoms. The lowest BCUT2D eigenvalue weighted by Gasteiger charge is -2.17. The van der Waals surface area contributed by atoms with Crippen LogP contribution in [0.5, 0.6) is 11.6 Å². The van der Waals surface area contributed by atoms with Gasteiger partial charge in [-0.3, -0.25) is 9.79 Å². The van der Waals surface area contributed by atoms with Crippen molar-refractivity contribution in [1.82, 2.24) is 4.98 Å². The fourth-order valence-electron chi connectivity index (χ4n) is 3.54. The van der Waals surface area contributed by atoms with Crippen molar-refractivity contribution in [1.29, 1.82) is 0 Å². The van der Waals surface area contributed by atoms with E-state index in [1.807, 2.05) is 36.4 Å². The van der Waals surface area contributed by atoms with E-state index in [1.54, 1.807) is 31.4 Å². The molecule has 0 radical (unpaired) electrons. The molecular formula is C28H23FN4O2. The molecule has 1 N–H and O–H groups in total. The monoisotopic (exact) mass is 466 g/mol. The van der Waals surface area contributed by atoms with E-state index < -0.39 is 0 Å². The van der Waals surface area contributed by atoms with Crippen molar-refractivity contribution in [2.45, 2.75) is 6.42 Å². The van der Waals surface area contributed by atoms with Gasteiger partial charge in [0, 0.05) is 43.1 Å². The number of rotatable bonds is 7. The molecule has 0 bridgehead atoms. The Morgan fingerprint density at radius 1 is 1.14 bits per heavy atom. The first-order chi connectivity index (χ1) is 17.1. The van der Waals surface area contributed by atoms with Crippen LogP contribution in [0.2, 0.25) is 0 Å². The highest BCUT2D eigenvalue weighted by Gasteiger charge is 2.16. The van der Waals surface area contributed by atoms with Gasteiger partial charge in [-0.2, -0.15) is 0 Å². The SMILES string of the molecule is C=CC(=O)Nc1cccc(C2=CC(c3ccc(Oc4cccc(F)c4)nc3)=CC/C2=N\C=N/C)c1. The van der Waals surface area contributed by atoms with Crippen LogP contribution in [0.15, 0.2) is 102 Å². The average Bonchev–Trinajstić information content (AvgIpc) is 2.88. The molecule has 0 fully saturated rings. The molecule has 2 aromatic carbocycles. The molecule has 0 unspecified atom stereocenters. The van der Waals surface area contributed by atoms with Crippen molar-refractivity contribution < 1.29 is 13.9 Å². The fourth-order valence-corrected chi connectivity index (χ4v) is 3.54. The third kappa shape index (κ3) is 6.03. The first-order valence-corrected chi connectivity index (χ1v) is 10.9. The van der Waals surface area contributed by atoms with E-state index in [1.165, 1.54) is 24.5 Å². The van der Waals surface area contributed by atoms with Crippen molar-refractivity contribution in [3.05, 3.63) is 109 Å². The Kier molecular flexibility index (Phi) is 7.37. The molecule has 0 atom stereocenters. The smallest absolute Gasteiger partial charge is 0.247 e. The molecule has 0 saturated carbocycles. The second kappa shape index (κ2) is 11.0.